The highest BCUT2D eigenvalue weighted by Gasteiger charge is 2.07. The molecular weight excluding hydrogens is 238 g/mol. The van der Waals surface area contributed by atoms with E-state index in [2.05, 4.69) is 32.9 Å². The molecule has 19 heavy (non-hydrogen) atoms. The van der Waals surface area contributed by atoms with Gasteiger partial charge in [0, 0.05) is 6.61 Å². The molecule has 1 aromatic rings. The number of hydrogen-bond acceptors (Lipinski definition) is 3. The molecule has 0 spiro atoms. The van der Waals surface area contributed by atoms with Crippen LogP contribution in [0, 0.1) is 18.8 Å². The van der Waals surface area contributed by atoms with Gasteiger partial charge in [-0.15, -0.1) is 0 Å². The molecule has 0 amide bonds. The fourth-order valence-corrected chi connectivity index (χ4v) is 1.94. The van der Waals surface area contributed by atoms with Gasteiger partial charge < -0.3 is 15.6 Å². The maximum atomic E-state index is 9.14. The Morgan fingerprint density at radius 3 is 2.58 bits per heavy atom. The Bertz CT molecular complexity index is 373. The zero-order chi connectivity index (χ0) is 14.3. The molecule has 108 valence electrons. The van der Waals surface area contributed by atoms with E-state index >= 15 is 0 Å². The molecule has 0 aromatic heterocycles. The van der Waals surface area contributed by atoms with Crippen molar-refractivity contribution in [2.24, 2.45) is 17.6 Å². The lowest BCUT2D eigenvalue weighted by Crippen LogP contribution is -2.18. The van der Waals surface area contributed by atoms with Crippen LogP contribution in [0.3, 0.4) is 0 Å². The third-order valence-electron chi connectivity index (χ3n) is 3.31. The first-order valence-corrected chi connectivity index (χ1v) is 7.10. The van der Waals surface area contributed by atoms with Gasteiger partial charge in [-0.1, -0.05) is 19.9 Å². The predicted molar refractivity (Wildman–Crippen MR) is 79.5 cm³/mol. The Morgan fingerprint density at radius 1 is 1.32 bits per heavy atom. The molecule has 1 unspecified atom stereocenters. The fourth-order valence-electron chi connectivity index (χ4n) is 1.94. The number of aryl methyl sites for hydroxylation is 2. The first-order chi connectivity index (χ1) is 9.06. The molecule has 0 saturated heterocycles. The van der Waals surface area contributed by atoms with Crippen molar-refractivity contribution in [1.29, 1.82) is 0 Å². The summed E-state index contributed by atoms with van der Waals surface area (Å²) in [7, 11) is 0. The van der Waals surface area contributed by atoms with Crippen LogP contribution in [0.25, 0.3) is 0 Å². The highest BCUT2D eigenvalue weighted by atomic mass is 16.5. The summed E-state index contributed by atoms with van der Waals surface area (Å²) in [6.45, 7) is 7.86. The van der Waals surface area contributed by atoms with E-state index in [0.717, 1.165) is 25.2 Å². The van der Waals surface area contributed by atoms with Crippen LogP contribution >= 0.6 is 0 Å². The topological polar surface area (TPSA) is 55.5 Å². The second-order valence-corrected chi connectivity index (χ2v) is 5.62. The van der Waals surface area contributed by atoms with Gasteiger partial charge in [0.1, 0.15) is 5.75 Å². The van der Waals surface area contributed by atoms with E-state index in [-0.39, 0.29) is 12.5 Å². The molecule has 0 heterocycles. The Kier molecular flexibility index (Phi) is 6.89. The average Bonchev–Trinajstić information content (AvgIpc) is 2.39. The van der Waals surface area contributed by atoms with Crippen LogP contribution in [0.4, 0.5) is 0 Å². The van der Waals surface area contributed by atoms with Crippen LogP contribution in [-0.4, -0.2) is 24.9 Å². The maximum absolute atomic E-state index is 9.14. The minimum Gasteiger partial charge on any atom is -0.493 e. The molecule has 0 saturated carbocycles. The molecule has 3 heteroatoms. The van der Waals surface area contributed by atoms with Crippen LogP contribution in [0.15, 0.2) is 18.2 Å². The normalized spacial score (nSPS) is 12.7. The number of rotatable bonds is 8. The van der Waals surface area contributed by atoms with Gasteiger partial charge in [-0.2, -0.15) is 0 Å². The van der Waals surface area contributed by atoms with Crippen LogP contribution in [0.2, 0.25) is 0 Å². The molecule has 1 atom stereocenters. The summed E-state index contributed by atoms with van der Waals surface area (Å²) in [6.07, 6.45) is 1.89. The third kappa shape index (κ3) is 5.62. The van der Waals surface area contributed by atoms with Crippen molar-refractivity contribution in [2.45, 2.75) is 33.6 Å². The van der Waals surface area contributed by atoms with Gasteiger partial charge in [0.25, 0.3) is 0 Å². The van der Waals surface area contributed by atoms with Gasteiger partial charge in [-0.25, -0.2) is 0 Å². The van der Waals surface area contributed by atoms with Gasteiger partial charge in [0.05, 0.1) is 6.61 Å². The van der Waals surface area contributed by atoms with E-state index in [1.165, 1.54) is 11.1 Å². The SMILES string of the molecule is Cc1cc(OCC(C)C)ccc1CCC(CN)CO. The fraction of sp³-hybridized carbons (Fsp3) is 0.625. The number of hydrogen-bond donors (Lipinski definition) is 2. The van der Waals surface area contributed by atoms with Gasteiger partial charge in [-0.3, -0.25) is 0 Å². The van der Waals surface area contributed by atoms with E-state index < -0.39 is 0 Å². The van der Waals surface area contributed by atoms with Crippen LogP contribution in [0.1, 0.15) is 31.4 Å². The third-order valence-corrected chi connectivity index (χ3v) is 3.31. The monoisotopic (exact) mass is 265 g/mol. The molecule has 0 radical (unpaired) electrons. The van der Waals surface area contributed by atoms with Crippen LogP contribution in [0.5, 0.6) is 5.75 Å². The van der Waals surface area contributed by atoms with Crippen LogP contribution in [-0.2, 0) is 6.42 Å². The van der Waals surface area contributed by atoms with Crippen molar-refractivity contribution < 1.29 is 9.84 Å². The van der Waals surface area contributed by atoms with E-state index in [1.54, 1.807) is 0 Å². The lowest BCUT2D eigenvalue weighted by molar-refractivity contribution is 0.223. The molecule has 3 nitrogen and oxygen atoms in total. The Labute approximate surface area is 116 Å². The summed E-state index contributed by atoms with van der Waals surface area (Å²) in [5.74, 6) is 1.68. The largest absolute Gasteiger partial charge is 0.493 e. The van der Waals surface area contributed by atoms with Crippen molar-refractivity contribution in [3.8, 4) is 5.75 Å². The van der Waals surface area contributed by atoms with Gasteiger partial charge >= 0.3 is 0 Å². The zero-order valence-electron chi connectivity index (χ0n) is 12.4. The standard InChI is InChI=1S/C16H27NO2/c1-12(2)11-19-16-7-6-15(13(3)8-16)5-4-14(9-17)10-18/h6-8,12,14,18H,4-5,9-11,17H2,1-3H3. The zero-order valence-corrected chi connectivity index (χ0v) is 12.4. The summed E-state index contributed by atoms with van der Waals surface area (Å²) in [4.78, 5) is 0. The first kappa shape index (κ1) is 16.0. The Balaban J connectivity index is 2.56. The highest BCUT2D eigenvalue weighted by molar-refractivity contribution is 5.34. The predicted octanol–water partition coefficient (Wildman–Crippen LogP) is 2.53. The first-order valence-electron chi connectivity index (χ1n) is 7.10. The maximum Gasteiger partial charge on any atom is 0.119 e. The van der Waals surface area contributed by atoms with Gasteiger partial charge in [0.15, 0.2) is 0 Å². The lowest BCUT2D eigenvalue weighted by Gasteiger charge is -2.14. The Hall–Kier alpha value is -1.06. The molecule has 3 N–H and O–H groups in total. The summed E-state index contributed by atoms with van der Waals surface area (Å²) in [6, 6.07) is 6.24. The molecule has 0 aliphatic rings. The molecule has 0 bridgehead atoms. The smallest absolute Gasteiger partial charge is 0.119 e. The lowest BCUT2D eigenvalue weighted by atomic mass is 9.97. The highest BCUT2D eigenvalue weighted by Crippen LogP contribution is 2.20. The minimum absolute atomic E-state index is 0.172. The summed E-state index contributed by atoms with van der Waals surface area (Å²) in [5, 5.41) is 9.14. The summed E-state index contributed by atoms with van der Waals surface area (Å²) < 4.78 is 5.71. The van der Waals surface area contributed by atoms with Crippen molar-refractivity contribution in [2.75, 3.05) is 19.8 Å². The van der Waals surface area contributed by atoms with Gasteiger partial charge in [-0.05, 0) is 61.4 Å². The van der Waals surface area contributed by atoms with Crippen molar-refractivity contribution >= 4 is 0 Å². The molecule has 0 aliphatic heterocycles. The second-order valence-electron chi connectivity index (χ2n) is 5.62. The van der Waals surface area contributed by atoms with E-state index in [0.29, 0.717) is 12.5 Å². The molecular formula is C16H27NO2. The van der Waals surface area contributed by atoms with E-state index in [1.807, 2.05) is 6.07 Å². The number of benzene rings is 1. The molecule has 0 aliphatic carbocycles. The Morgan fingerprint density at radius 2 is 2.05 bits per heavy atom. The van der Waals surface area contributed by atoms with Crippen molar-refractivity contribution in [3.63, 3.8) is 0 Å². The van der Waals surface area contributed by atoms with Gasteiger partial charge in [0.2, 0.25) is 0 Å². The molecule has 0 fully saturated rings. The van der Waals surface area contributed by atoms with Crippen molar-refractivity contribution in [3.05, 3.63) is 29.3 Å². The quantitative estimate of drug-likeness (QED) is 0.759. The number of nitrogens with two attached hydrogens (primary N) is 1. The summed E-state index contributed by atoms with van der Waals surface area (Å²) >= 11 is 0. The molecule has 1 aromatic carbocycles. The summed E-state index contributed by atoms with van der Waals surface area (Å²) in [5.41, 5.74) is 8.15. The van der Waals surface area contributed by atoms with E-state index in [9.17, 15) is 0 Å². The molecule has 1 rings (SSSR count). The van der Waals surface area contributed by atoms with E-state index in [4.69, 9.17) is 15.6 Å². The average molecular weight is 265 g/mol. The number of ether oxygens (including phenoxy) is 1. The van der Waals surface area contributed by atoms with Crippen LogP contribution < -0.4 is 10.5 Å². The number of aliphatic hydroxyl groups is 1. The minimum atomic E-state index is 0.172. The number of aliphatic hydroxyl groups excluding tert-OH is 1. The van der Waals surface area contributed by atoms with Crippen molar-refractivity contribution in [1.82, 2.24) is 0 Å². The second kappa shape index (κ2) is 8.18.